The van der Waals surface area contributed by atoms with E-state index in [1.165, 1.54) is 18.3 Å². The number of rotatable bonds is 2. The van der Waals surface area contributed by atoms with Crippen molar-refractivity contribution in [1.82, 2.24) is 14.5 Å². The van der Waals surface area contributed by atoms with Crippen LogP contribution in [0.25, 0.3) is 27.5 Å². The number of hydrogen-bond donors (Lipinski definition) is 1. The lowest BCUT2D eigenvalue weighted by Crippen LogP contribution is -2.26. The van der Waals surface area contributed by atoms with Crippen LogP contribution in [0.15, 0.2) is 58.3 Å². The maximum absolute atomic E-state index is 13.0. The molecule has 0 aliphatic heterocycles. The van der Waals surface area contributed by atoms with Crippen LogP contribution >= 0.6 is 11.6 Å². The third-order valence-electron chi connectivity index (χ3n) is 4.65. The summed E-state index contributed by atoms with van der Waals surface area (Å²) in [5.41, 5.74) is 0.736. The summed E-state index contributed by atoms with van der Waals surface area (Å²) in [7, 11) is 0. The Morgan fingerprint density at radius 3 is 2.41 bits per heavy atom. The van der Waals surface area contributed by atoms with Gasteiger partial charge in [0.25, 0.3) is 5.56 Å². The minimum atomic E-state index is -0.591. The van der Waals surface area contributed by atoms with E-state index in [-0.39, 0.29) is 27.2 Å². The van der Waals surface area contributed by atoms with Gasteiger partial charge in [-0.2, -0.15) is 14.5 Å². The predicted molar refractivity (Wildman–Crippen MR) is 105 cm³/mol. The zero-order valence-electron chi connectivity index (χ0n) is 14.7. The van der Waals surface area contributed by atoms with Gasteiger partial charge in [0.05, 0.1) is 22.8 Å². The molecular weight excluding hydrogens is 366 g/mol. The van der Waals surface area contributed by atoms with E-state index >= 15 is 0 Å². The smallest absolute Gasteiger partial charge is 0.299 e. The molecular formula is C20H16ClN3O3. The fraction of sp³-hybridized carbons (Fsp3) is 0.150. The molecule has 0 saturated heterocycles. The average Bonchev–Trinajstić information content (AvgIpc) is 2.66. The second-order valence-corrected chi connectivity index (χ2v) is 7.11. The van der Waals surface area contributed by atoms with Crippen molar-refractivity contribution in [2.75, 3.05) is 0 Å². The lowest BCUT2D eigenvalue weighted by molar-refractivity contribution is 0.210. The lowest BCUT2D eigenvalue weighted by Gasteiger charge is -2.11. The summed E-state index contributed by atoms with van der Waals surface area (Å²) in [6.07, 6.45) is 1.30. The van der Waals surface area contributed by atoms with Crippen molar-refractivity contribution < 1.29 is 5.21 Å². The molecule has 0 fully saturated rings. The highest BCUT2D eigenvalue weighted by atomic mass is 35.5. The van der Waals surface area contributed by atoms with Crippen molar-refractivity contribution in [3.63, 3.8) is 0 Å². The molecule has 4 rings (SSSR count). The normalized spacial score (nSPS) is 11.6. The van der Waals surface area contributed by atoms with E-state index in [1.807, 2.05) is 12.1 Å². The first kappa shape index (κ1) is 17.3. The summed E-state index contributed by atoms with van der Waals surface area (Å²) < 4.78 is 1.87. The molecule has 0 spiro atoms. The van der Waals surface area contributed by atoms with Gasteiger partial charge in [-0.15, -0.1) is 0 Å². The second kappa shape index (κ2) is 6.25. The average molecular weight is 382 g/mol. The van der Waals surface area contributed by atoms with Crippen LogP contribution in [0.2, 0.25) is 5.02 Å². The number of hydrogen-bond acceptors (Lipinski definition) is 4. The number of halogens is 1. The van der Waals surface area contributed by atoms with E-state index < -0.39 is 5.56 Å². The minimum absolute atomic E-state index is 0.0485. The van der Waals surface area contributed by atoms with Crippen LogP contribution in [-0.2, 0) is 0 Å². The van der Waals surface area contributed by atoms with E-state index in [1.54, 1.807) is 18.2 Å². The molecule has 6 nitrogen and oxygen atoms in total. The molecule has 27 heavy (non-hydrogen) atoms. The van der Waals surface area contributed by atoms with E-state index in [2.05, 4.69) is 18.9 Å². The predicted octanol–water partition coefficient (Wildman–Crippen LogP) is 3.71. The molecule has 0 radical (unpaired) electrons. The van der Waals surface area contributed by atoms with Crippen LogP contribution in [0.3, 0.4) is 0 Å². The molecule has 0 aliphatic carbocycles. The van der Waals surface area contributed by atoms with Crippen LogP contribution in [0, 0.1) is 0 Å². The largest absolute Gasteiger partial charge is 0.428 e. The van der Waals surface area contributed by atoms with Gasteiger partial charge in [0.1, 0.15) is 0 Å². The molecule has 4 aromatic rings. The first-order valence-corrected chi connectivity index (χ1v) is 8.82. The maximum atomic E-state index is 13.0. The van der Waals surface area contributed by atoms with Crippen LogP contribution < -0.4 is 11.0 Å². The van der Waals surface area contributed by atoms with Gasteiger partial charge in [-0.25, -0.2) is 0 Å². The monoisotopic (exact) mass is 381 g/mol. The van der Waals surface area contributed by atoms with Gasteiger partial charge in [-0.1, -0.05) is 37.6 Å². The molecule has 0 atom stereocenters. The lowest BCUT2D eigenvalue weighted by atomic mass is 10.0. The fourth-order valence-corrected chi connectivity index (χ4v) is 3.30. The molecule has 2 aromatic heterocycles. The fourth-order valence-electron chi connectivity index (χ4n) is 3.14. The SMILES string of the molecule is CC(C)c1ccc(-n2ncc3c(=O)c4ccc(Cl)cc4n(O)c3c2=O)cc1. The maximum Gasteiger partial charge on any atom is 0.299 e. The van der Waals surface area contributed by atoms with Crippen molar-refractivity contribution in [3.8, 4) is 5.69 Å². The molecule has 2 aromatic carbocycles. The van der Waals surface area contributed by atoms with Crippen molar-refractivity contribution in [1.29, 1.82) is 0 Å². The molecule has 7 heteroatoms. The Bertz CT molecular complexity index is 1300. The minimum Gasteiger partial charge on any atom is -0.428 e. The Morgan fingerprint density at radius 1 is 1.04 bits per heavy atom. The van der Waals surface area contributed by atoms with Gasteiger partial charge in [-0.05, 0) is 41.8 Å². The van der Waals surface area contributed by atoms with Gasteiger partial charge < -0.3 is 5.21 Å². The molecule has 0 aliphatic rings. The molecule has 2 heterocycles. The summed E-state index contributed by atoms with van der Waals surface area (Å²) in [6.45, 7) is 4.16. The van der Waals surface area contributed by atoms with E-state index in [0.29, 0.717) is 21.4 Å². The van der Waals surface area contributed by atoms with Crippen LogP contribution in [0.1, 0.15) is 25.3 Å². The number of benzene rings is 2. The Kier molecular flexibility index (Phi) is 4.00. The third kappa shape index (κ3) is 2.69. The molecule has 136 valence electrons. The molecule has 0 bridgehead atoms. The Balaban J connectivity index is 2.04. The van der Waals surface area contributed by atoms with E-state index in [4.69, 9.17) is 11.6 Å². The standard InChI is InChI=1S/C20H16ClN3O3/c1-11(2)12-3-6-14(7-4-12)23-20(26)18-16(10-22-23)19(25)15-8-5-13(21)9-17(15)24(18)27/h3-11,27H,1-2H3. The zero-order valence-corrected chi connectivity index (χ0v) is 15.4. The summed E-state index contributed by atoms with van der Waals surface area (Å²) in [5.74, 6) is 0.360. The summed E-state index contributed by atoms with van der Waals surface area (Å²) in [6, 6.07) is 11.9. The zero-order chi connectivity index (χ0) is 19.3. The Labute approximate surface area is 158 Å². The quantitative estimate of drug-likeness (QED) is 0.424. The Hall–Kier alpha value is -3.12. The highest BCUT2D eigenvalue weighted by molar-refractivity contribution is 6.31. The van der Waals surface area contributed by atoms with Crippen molar-refractivity contribution in [2.24, 2.45) is 0 Å². The van der Waals surface area contributed by atoms with E-state index in [9.17, 15) is 14.8 Å². The van der Waals surface area contributed by atoms with Crippen molar-refractivity contribution in [3.05, 3.63) is 79.8 Å². The number of pyridine rings is 1. The topological polar surface area (TPSA) is 77.1 Å². The van der Waals surface area contributed by atoms with Crippen molar-refractivity contribution in [2.45, 2.75) is 19.8 Å². The van der Waals surface area contributed by atoms with Crippen molar-refractivity contribution >= 4 is 33.4 Å². The number of nitrogens with zero attached hydrogens (tertiary/aromatic N) is 3. The number of fused-ring (bicyclic) bond motifs is 2. The van der Waals surface area contributed by atoms with Gasteiger partial charge in [-0.3, -0.25) is 9.59 Å². The summed E-state index contributed by atoms with van der Waals surface area (Å²) in [4.78, 5) is 25.7. The van der Waals surface area contributed by atoms with Crippen LogP contribution in [0.4, 0.5) is 0 Å². The summed E-state index contributed by atoms with van der Waals surface area (Å²) in [5, 5.41) is 15.4. The number of aromatic nitrogens is 3. The van der Waals surface area contributed by atoms with Crippen LogP contribution in [0.5, 0.6) is 0 Å². The van der Waals surface area contributed by atoms with Gasteiger partial charge in [0, 0.05) is 10.4 Å². The van der Waals surface area contributed by atoms with Gasteiger partial charge in [0.2, 0.25) is 0 Å². The molecule has 0 unspecified atom stereocenters. The summed E-state index contributed by atoms with van der Waals surface area (Å²) >= 11 is 5.98. The van der Waals surface area contributed by atoms with Crippen LogP contribution in [-0.4, -0.2) is 19.7 Å². The third-order valence-corrected chi connectivity index (χ3v) is 4.88. The highest BCUT2D eigenvalue weighted by Crippen LogP contribution is 2.20. The molecule has 0 amide bonds. The Morgan fingerprint density at radius 2 is 1.74 bits per heavy atom. The first-order valence-electron chi connectivity index (χ1n) is 8.44. The van der Waals surface area contributed by atoms with Gasteiger partial charge >= 0.3 is 0 Å². The van der Waals surface area contributed by atoms with E-state index in [0.717, 1.165) is 10.2 Å². The highest BCUT2D eigenvalue weighted by Gasteiger charge is 2.16. The molecule has 0 saturated carbocycles. The first-order chi connectivity index (χ1) is 12.9. The second-order valence-electron chi connectivity index (χ2n) is 6.67. The van der Waals surface area contributed by atoms with Gasteiger partial charge in [0.15, 0.2) is 10.9 Å². The molecule has 1 N–H and O–H groups in total.